The molecule has 104 valence electrons. The molecule has 1 heterocycles. The standard InChI is InChI=1S/C13H16F2N2O2/c14-13(15)19-11-3-1-9(2-4-11)7-17-8-10(6-16)5-12(17)18/h1-4,10,13H,5-8,16H2. The van der Waals surface area contributed by atoms with Gasteiger partial charge in [0.2, 0.25) is 5.91 Å². The Morgan fingerprint density at radius 1 is 1.37 bits per heavy atom. The summed E-state index contributed by atoms with van der Waals surface area (Å²) in [4.78, 5) is 13.4. The van der Waals surface area contributed by atoms with Crippen LogP contribution < -0.4 is 10.5 Å². The zero-order valence-corrected chi connectivity index (χ0v) is 10.4. The van der Waals surface area contributed by atoms with Gasteiger partial charge in [0.1, 0.15) is 5.75 Å². The number of halogens is 2. The molecule has 1 aromatic carbocycles. The summed E-state index contributed by atoms with van der Waals surface area (Å²) in [5.74, 6) is 0.420. The highest BCUT2D eigenvalue weighted by Crippen LogP contribution is 2.21. The Balaban J connectivity index is 1.94. The van der Waals surface area contributed by atoms with Crippen LogP contribution >= 0.6 is 0 Å². The first-order chi connectivity index (χ1) is 9.08. The van der Waals surface area contributed by atoms with Crippen LogP contribution in [0.15, 0.2) is 24.3 Å². The van der Waals surface area contributed by atoms with Crippen molar-refractivity contribution in [1.82, 2.24) is 4.90 Å². The lowest BCUT2D eigenvalue weighted by molar-refractivity contribution is -0.128. The molecule has 19 heavy (non-hydrogen) atoms. The lowest BCUT2D eigenvalue weighted by Gasteiger charge is -2.16. The molecule has 0 aromatic heterocycles. The predicted molar refractivity (Wildman–Crippen MR) is 65.7 cm³/mol. The zero-order valence-electron chi connectivity index (χ0n) is 10.4. The Morgan fingerprint density at radius 2 is 2.05 bits per heavy atom. The van der Waals surface area contributed by atoms with E-state index in [0.717, 1.165) is 5.56 Å². The maximum Gasteiger partial charge on any atom is 0.387 e. The summed E-state index contributed by atoms with van der Waals surface area (Å²) >= 11 is 0. The fraction of sp³-hybridized carbons (Fsp3) is 0.462. The van der Waals surface area contributed by atoms with E-state index in [0.29, 0.717) is 26.1 Å². The normalized spacial score (nSPS) is 19.3. The van der Waals surface area contributed by atoms with Gasteiger partial charge in [0.25, 0.3) is 0 Å². The van der Waals surface area contributed by atoms with Crippen molar-refractivity contribution in [1.29, 1.82) is 0 Å². The van der Waals surface area contributed by atoms with Gasteiger partial charge in [-0.05, 0) is 30.2 Å². The summed E-state index contributed by atoms with van der Waals surface area (Å²) in [6, 6.07) is 6.31. The van der Waals surface area contributed by atoms with Gasteiger partial charge in [-0.2, -0.15) is 8.78 Å². The minimum atomic E-state index is -2.82. The summed E-state index contributed by atoms with van der Waals surface area (Å²) in [7, 11) is 0. The van der Waals surface area contributed by atoms with Gasteiger partial charge in [0.05, 0.1) is 0 Å². The van der Waals surface area contributed by atoms with Crippen LogP contribution in [0.25, 0.3) is 0 Å². The van der Waals surface area contributed by atoms with Crippen molar-refractivity contribution in [3.63, 3.8) is 0 Å². The maximum atomic E-state index is 12.0. The van der Waals surface area contributed by atoms with Crippen molar-refractivity contribution in [2.75, 3.05) is 13.1 Å². The van der Waals surface area contributed by atoms with E-state index in [1.807, 2.05) is 0 Å². The monoisotopic (exact) mass is 270 g/mol. The number of alkyl halides is 2. The molecular weight excluding hydrogens is 254 g/mol. The minimum Gasteiger partial charge on any atom is -0.435 e. The average molecular weight is 270 g/mol. The molecule has 1 aliphatic heterocycles. The van der Waals surface area contributed by atoms with Gasteiger partial charge in [-0.3, -0.25) is 4.79 Å². The Labute approximate surface area is 110 Å². The number of rotatable bonds is 5. The van der Waals surface area contributed by atoms with Gasteiger partial charge < -0.3 is 15.4 Å². The summed E-state index contributed by atoms with van der Waals surface area (Å²) < 4.78 is 28.3. The van der Waals surface area contributed by atoms with Crippen LogP contribution in [-0.4, -0.2) is 30.5 Å². The van der Waals surface area contributed by atoms with Gasteiger partial charge in [-0.15, -0.1) is 0 Å². The van der Waals surface area contributed by atoms with Gasteiger partial charge in [0, 0.05) is 19.5 Å². The summed E-state index contributed by atoms with van der Waals surface area (Å²) in [6.07, 6.45) is 0.489. The van der Waals surface area contributed by atoms with Crippen molar-refractivity contribution in [2.45, 2.75) is 19.6 Å². The third-order valence-corrected chi connectivity index (χ3v) is 3.15. The van der Waals surface area contributed by atoms with Gasteiger partial charge in [0.15, 0.2) is 0 Å². The molecule has 0 spiro atoms. The third kappa shape index (κ3) is 3.64. The van der Waals surface area contributed by atoms with Crippen molar-refractivity contribution in [3.8, 4) is 5.75 Å². The molecule has 2 N–H and O–H groups in total. The van der Waals surface area contributed by atoms with Gasteiger partial charge >= 0.3 is 6.61 Å². The first-order valence-corrected chi connectivity index (χ1v) is 6.10. The number of hydrogen-bond donors (Lipinski definition) is 1. The fourth-order valence-corrected chi connectivity index (χ4v) is 2.16. The molecule has 4 nitrogen and oxygen atoms in total. The van der Waals surface area contributed by atoms with Crippen molar-refractivity contribution in [2.24, 2.45) is 11.7 Å². The Hall–Kier alpha value is -1.69. The van der Waals surface area contributed by atoms with E-state index < -0.39 is 6.61 Å². The fourth-order valence-electron chi connectivity index (χ4n) is 2.16. The number of hydrogen-bond acceptors (Lipinski definition) is 3. The minimum absolute atomic E-state index is 0.0864. The van der Waals surface area contributed by atoms with E-state index in [2.05, 4.69) is 4.74 Å². The molecule has 1 aliphatic rings. The SMILES string of the molecule is NCC1CC(=O)N(Cc2ccc(OC(F)F)cc2)C1. The van der Waals surface area contributed by atoms with Gasteiger partial charge in [-0.1, -0.05) is 12.1 Å². The van der Waals surface area contributed by atoms with E-state index in [-0.39, 0.29) is 17.6 Å². The van der Waals surface area contributed by atoms with Crippen molar-refractivity contribution < 1.29 is 18.3 Å². The van der Waals surface area contributed by atoms with E-state index >= 15 is 0 Å². The first kappa shape index (κ1) is 13.7. The number of amides is 1. The Bertz CT molecular complexity index is 437. The quantitative estimate of drug-likeness (QED) is 0.884. The number of nitrogens with zero attached hydrogens (tertiary/aromatic N) is 1. The van der Waals surface area contributed by atoms with Crippen LogP contribution in [0.4, 0.5) is 8.78 Å². The molecule has 1 aromatic rings. The molecule has 0 bridgehead atoms. The second-order valence-corrected chi connectivity index (χ2v) is 4.60. The molecule has 0 aliphatic carbocycles. The van der Waals surface area contributed by atoms with Crippen LogP contribution in [0.3, 0.4) is 0 Å². The molecule has 1 fully saturated rings. The number of carbonyl (C=O) groups excluding carboxylic acids is 1. The molecular formula is C13H16F2N2O2. The van der Waals surface area contributed by atoms with Crippen LogP contribution in [0.1, 0.15) is 12.0 Å². The molecule has 0 radical (unpaired) electrons. The van der Waals surface area contributed by atoms with E-state index in [4.69, 9.17) is 5.73 Å². The molecule has 1 amide bonds. The number of benzene rings is 1. The number of ether oxygens (including phenoxy) is 1. The highest BCUT2D eigenvalue weighted by atomic mass is 19.3. The largest absolute Gasteiger partial charge is 0.435 e. The number of likely N-dealkylation sites (tertiary alicyclic amines) is 1. The van der Waals surface area contributed by atoms with Crippen LogP contribution in [-0.2, 0) is 11.3 Å². The topological polar surface area (TPSA) is 55.6 Å². The van der Waals surface area contributed by atoms with Gasteiger partial charge in [-0.25, -0.2) is 0 Å². The number of carbonyl (C=O) groups is 1. The van der Waals surface area contributed by atoms with Crippen LogP contribution in [0.2, 0.25) is 0 Å². The first-order valence-electron chi connectivity index (χ1n) is 6.10. The van der Waals surface area contributed by atoms with Crippen molar-refractivity contribution in [3.05, 3.63) is 29.8 Å². The van der Waals surface area contributed by atoms with E-state index in [1.165, 1.54) is 12.1 Å². The summed E-state index contributed by atoms with van der Waals surface area (Å²) in [5.41, 5.74) is 6.43. The molecule has 2 rings (SSSR count). The molecule has 0 saturated carbocycles. The second kappa shape index (κ2) is 5.97. The highest BCUT2D eigenvalue weighted by Gasteiger charge is 2.28. The predicted octanol–water partition coefficient (Wildman–Crippen LogP) is 1.60. The lowest BCUT2D eigenvalue weighted by atomic mass is 10.1. The lowest BCUT2D eigenvalue weighted by Crippen LogP contribution is -2.25. The Kier molecular flexibility index (Phi) is 4.31. The van der Waals surface area contributed by atoms with E-state index in [9.17, 15) is 13.6 Å². The van der Waals surface area contributed by atoms with Crippen molar-refractivity contribution >= 4 is 5.91 Å². The average Bonchev–Trinajstić information content (AvgIpc) is 2.72. The molecule has 1 unspecified atom stereocenters. The second-order valence-electron chi connectivity index (χ2n) is 4.60. The van der Waals surface area contributed by atoms with E-state index in [1.54, 1.807) is 17.0 Å². The Morgan fingerprint density at radius 3 is 2.58 bits per heavy atom. The molecule has 6 heteroatoms. The maximum absolute atomic E-state index is 12.0. The van der Waals surface area contributed by atoms with Crippen LogP contribution in [0, 0.1) is 5.92 Å². The van der Waals surface area contributed by atoms with Crippen LogP contribution in [0.5, 0.6) is 5.75 Å². The smallest absolute Gasteiger partial charge is 0.387 e. The summed E-state index contributed by atoms with van der Waals surface area (Å²) in [6.45, 7) is -1.19. The summed E-state index contributed by atoms with van der Waals surface area (Å²) in [5, 5.41) is 0. The highest BCUT2D eigenvalue weighted by molar-refractivity contribution is 5.78. The molecule has 1 atom stereocenters. The zero-order chi connectivity index (χ0) is 13.8. The third-order valence-electron chi connectivity index (χ3n) is 3.15. The number of nitrogens with two attached hydrogens (primary N) is 1. The molecule has 1 saturated heterocycles.